The second-order valence-electron chi connectivity index (χ2n) is 10.2. The van der Waals surface area contributed by atoms with Crippen LogP contribution in [0.25, 0.3) is 0 Å². The van der Waals surface area contributed by atoms with Crippen LogP contribution in [-0.2, 0) is 18.1 Å². The van der Waals surface area contributed by atoms with Crippen molar-refractivity contribution >= 4 is 14.8 Å². The Labute approximate surface area is 191 Å². The summed E-state index contributed by atoms with van der Waals surface area (Å²) < 4.78 is 17.9. The molecule has 1 aliphatic carbocycles. The van der Waals surface area contributed by atoms with E-state index >= 15 is 0 Å². The standard InChI is InChI=1S/C24H47NO5Si/c1-10-28-31(29-11-2,30-12-3)17-13-16-25-21-20(22(26)27)19(23(6,7)8)14-15-24(21,9)18(4)5/h14-15,18-21,25H,10-13,16-17H2,1-9H3,(H,26,27). The van der Waals surface area contributed by atoms with Crippen LogP contribution in [0.4, 0.5) is 0 Å². The van der Waals surface area contributed by atoms with Gasteiger partial charge < -0.3 is 23.7 Å². The zero-order valence-corrected chi connectivity index (χ0v) is 22.3. The smallest absolute Gasteiger partial charge is 0.481 e. The molecule has 1 aliphatic rings. The molecule has 0 aromatic heterocycles. The molecule has 0 aliphatic heterocycles. The van der Waals surface area contributed by atoms with Crippen molar-refractivity contribution in [1.82, 2.24) is 5.32 Å². The van der Waals surface area contributed by atoms with Crippen LogP contribution >= 0.6 is 0 Å². The summed E-state index contributed by atoms with van der Waals surface area (Å²) in [5.41, 5.74) is -0.363. The van der Waals surface area contributed by atoms with E-state index in [-0.39, 0.29) is 22.8 Å². The number of aliphatic carboxylic acids is 1. The molecule has 0 spiro atoms. The first kappa shape index (κ1) is 28.3. The number of allylic oxidation sites excluding steroid dienone is 1. The summed E-state index contributed by atoms with van der Waals surface area (Å²) in [6.45, 7) is 21.2. The van der Waals surface area contributed by atoms with Gasteiger partial charge in [0.25, 0.3) is 0 Å². The molecule has 31 heavy (non-hydrogen) atoms. The molecule has 0 aromatic carbocycles. The second-order valence-corrected chi connectivity index (χ2v) is 12.9. The van der Waals surface area contributed by atoms with Gasteiger partial charge in [-0.15, -0.1) is 0 Å². The summed E-state index contributed by atoms with van der Waals surface area (Å²) in [4.78, 5) is 12.5. The number of hydrogen-bond acceptors (Lipinski definition) is 5. The van der Waals surface area contributed by atoms with Crippen molar-refractivity contribution in [2.24, 2.45) is 28.6 Å². The number of rotatable bonds is 13. The van der Waals surface area contributed by atoms with Gasteiger partial charge >= 0.3 is 14.8 Å². The van der Waals surface area contributed by atoms with E-state index in [0.29, 0.717) is 32.3 Å². The van der Waals surface area contributed by atoms with Crippen molar-refractivity contribution in [3.05, 3.63) is 12.2 Å². The van der Waals surface area contributed by atoms with E-state index in [1.165, 1.54) is 0 Å². The van der Waals surface area contributed by atoms with Crippen LogP contribution in [0, 0.1) is 28.6 Å². The fraction of sp³-hybridized carbons (Fsp3) is 0.875. The molecule has 0 aromatic rings. The molecule has 0 bridgehead atoms. The lowest BCUT2D eigenvalue weighted by Crippen LogP contribution is -2.58. The summed E-state index contributed by atoms with van der Waals surface area (Å²) in [6, 6.07) is 0.568. The first-order valence-electron chi connectivity index (χ1n) is 12.0. The monoisotopic (exact) mass is 457 g/mol. The van der Waals surface area contributed by atoms with E-state index in [0.717, 1.165) is 12.5 Å². The first-order chi connectivity index (χ1) is 14.4. The molecule has 4 atom stereocenters. The minimum atomic E-state index is -2.69. The first-order valence-corrected chi connectivity index (χ1v) is 13.9. The highest BCUT2D eigenvalue weighted by Crippen LogP contribution is 2.47. The van der Waals surface area contributed by atoms with Gasteiger partial charge in [-0.25, -0.2) is 0 Å². The number of carboxylic acids is 1. The lowest BCUT2D eigenvalue weighted by atomic mass is 9.57. The molecular weight excluding hydrogens is 410 g/mol. The van der Waals surface area contributed by atoms with Crippen molar-refractivity contribution in [1.29, 1.82) is 0 Å². The Balaban J connectivity index is 3.04. The predicted molar refractivity (Wildman–Crippen MR) is 128 cm³/mol. The number of nitrogens with one attached hydrogen (secondary N) is 1. The summed E-state index contributed by atoms with van der Waals surface area (Å²) in [5, 5.41) is 13.9. The van der Waals surface area contributed by atoms with Gasteiger partial charge in [-0.3, -0.25) is 4.79 Å². The van der Waals surface area contributed by atoms with Gasteiger partial charge in [0.1, 0.15) is 0 Å². The third-order valence-electron chi connectivity index (χ3n) is 6.72. The molecule has 0 fully saturated rings. The van der Waals surface area contributed by atoms with Crippen LogP contribution in [-0.4, -0.2) is 52.3 Å². The molecule has 7 heteroatoms. The van der Waals surface area contributed by atoms with Gasteiger partial charge in [0.05, 0.1) is 5.92 Å². The summed E-state index contributed by atoms with van der Waals surface area (Å²) >= 11 is 0. The van der Waals surface area contributed by atoms with Gasteiger partial charge in [0.2, 0.25) is 0 Å². The fourth-order valence-corrected chi connectivity index (χ4v) is 7.33. The zero-order chi connectivity index (χ0) is 23.9. The highest BCUT2D eigenvalue weighted by Gasteiger charge is 2.51. The quantitative estimate of drug-likeness (QED) is 0.231. The average molecular weight is 458 g/mol. The summed E-state index contributed by atoms with van der Waals surface area (Å²) in [5.74, 6) is -0.925. The molecule has 0 saturated heterocycles. The van der Waals surface area contributed by atoms with E-state index in [2.05, 4.69) is 59.0 Å². The van der Waals surface area contributed by atoms with Gasteiger partial charge in [-0.1, -0.05) is 53.7 Å². The normalized spacial score (nSPS) is 27.1. The van der Waals surface area contributed by atoms with Crippen molar-refractivity contribution < 1.29 is 23.2 Å². The lowest BCUT2D eigenvalue weighted by molar-refractivity contribution is -0.148. The van der Waals surface area contributed by atoms with Gasteiger partial charge in [0.15, 0.2) is 0 Å². The third-order valence-corrected chi connectivity index (χ3v) is 9.88. The molecule has 0 amide bonds. The largest absolute Gasteiger partial charge is 0.500 e. The van der Waals surface area contributed by atoms with E-state index in [1.54, 1.807) is 0 Å². The Morgan fingerprint density at radius 2 is 1.65 bits per heavy atom. The zero-order valence-electron chi connectivity index (χ0n) is 21.3. The fourth-order valence-electron chi connectivity index (χ4n) is 4.71. The molecule has 0 heterocycles. The maximum atomic E-state index is 12.5. The molecular formula is C24H47NO5Si. The minimum Gasteiger partial charge on any atom is -0.481 e. The predicted octanol–water partition coefficient (Wildman–Crippen LogP) is 4.98. The van der Waals surface area contributed by atoms with Crippen LogP contribution in [0.5, 0.6) is 0 Å². The second kappa shape index (κ2) is 11.9. The van der Waals surface area contributed by atoms with Crippen LogP contribution in [0.15, 0.2) is 12.2 Å². The maximum absolute atomic E-state index is 12.5. The highest BCUT2D eigenvalue weighted by molar-refractivity contribution is 6.60. The SMILES string of the molecule is CCO[Si](CCCNC1C(C(=O)O)C(C(C)(C)C)C=CC1(C)C(C)C)(OCC)OCC. The van der Waals surface area contributed by atoms with Gasteiger partial charge in [-0.05, 0) is 51.0 Å². The number of carbonyl (C=O) groups is 1. The van der Waals surface area contributed by atoms with E-state index < -0.39 is 20.7 Å². The highest BCUT2D eigenvalue weighted by atomic mass is 28.4. The van der Waals surface area contributed by atoms with Crippen molar-refractivity contribution in [3.63, 3.8) is 0 Å². The Bertz CT molecular complexity index is 572. The molecule has 182 valence electrons. The Kier molecular flexibility index (Phi) is 10.9. The van der Waals surface area contributed by atoms with Gasteiger partial charge in [0, 0.05) is 37.3 Å². The van der Waals surface area contributed by atoms with E-state index in [4.69, 9.17) is 13.3 Å². The minimum absolute atomic E-state index is 0.0296. The van der Waals surface area contributed by atoms with Crippen LogP contribution < -0.4 is 5.32 Å². The van der Waals surface area contributed by atoms with E-state index in [9.17, 15) is 9.90 Å². The van der Waals surface area contributed by atoms with Crippen LogP contribution in [0.1, 0.15) is 68.7 Å². The molecule has 4 unspecified atom stereocenters. The van der Waals surface area contributed by atoms with Crippen LogP contribution in [0.3, 0.4) is 0 Å². The lowest BCUT2D eigenvalue weighted by Gasteiger charge is -2.50. The van der Waals surface area contributed by atoms with Gasteiger partial charge in [-0.2, -0.15) is 0 Å². The van der Waals surface area contributed by atoms with Crippen molar-refractivity contribution in [3.8, 4) is 0 Å². The summed E-state index contributed by atoms with van der Waals surface area (Å²) in [7, 11) is -2.69. The molecule has 0 saturated carbocycles. The van der Waals surface area contributed by atoms with Crippen LogP contribution in [0.2, 0.25) is 6.04 Å². The maximum Gasteiger partial charge on any atom is 0.500 e. The Morgan fingerprint density at radius 3 is 2.03 bits per heavy atom. The molecule has 1 rings (SSSR count). The average Bonchev–Trinajstić information content (AvgIpc) is 2.65. The number of carboxylic acid groups (broad SMARTS) is 1. The van der Waals surface area contributed by atoms with Crippen molar-refractivity contribution in [2.45, 2.75) is 80.8 Å². The van der Waals surface area contributed by atoms with Crippen molar-refractivity contribution in [2.75, 3.05) is 26.4 Å². The molecule has 6 nitrogen and oxygen atoms in total. The molecule has 0 radical (unpaired) electrons. The van der Waals surface area contributed by atoms with E-state index in [1.807, 2.05) is 20.8 Å². The topological polar surface area (TPSA) is 77.0 Å². The third kappa shape index (κ3) is 7.12. The molecule has 2 N–H and O–H groups in total. The number of hydrogen-bond donors (Lipinski definition) is 2. The Hall–Kier alpha value is -0.733. The Morgan fingerprint density at radius 1 is 1.13 bits per heavy atom. The summed E-state index contributed by atoms with van der Waals surface area (Å²) in [6.07, 6.45) is 5.21.